The molecule has 0 aromatic carbocycles. The van der Waals surface area contributed by atoms with E-state index in [0.29, 0.717) is 11.7 Å². The lowest BCUT2D eigenvalue weighted by molar-refractivity contribution is 0.0161. The number of hydrogen-bond acceptors (Lipinski definition) is 5. The number of likely N-dealkylation sites (tertiary alicyclic amines) is 1. The highest BCUT2D eigenvalue weighted by molar-refractivity contribution is 7.91. The van der Waals surface area contributed by atoms with Gasteiger partial charge in [0.2, 0.25) is 0 Å². The zero-order chi connectivity index (χ0) is 17.8. The van der Waals surface area contributed by atoms with Crippen molar-refractivity contribution in [2.75, 3.05) is 31.1 Å². The van der Waals surface area contributed by atoms with E-state index in [9.17, 15) is 13.2 Å². The Morgan fingerprint density at radius 2 is 2.00 bits per heavy atom. The van der Waals surface area contributed by atoms with Gasteiger partial charge in [0.25, 0.3) is 0 Å². The number of piperidine rings is 1. The summed E-state index contributed by atoms with van der Waals surface area (Å²) in [5.41, 5.74) is -0.460. The van der Waals surface area contributed by atoms with Crippen LogP contribution in [-0.4, -0.2) is 62.2 Å². The number of sulfone groups is 1. The van der Waals surface area contributed by atoms with Crippen molar-refractivity contribution < 1.29 is 17.9 Å². The predicted molar refractivity (Wildman–Crippen MR) is 94.8 cm³/mol. The quantitative estimate of drug-likeness (QED) is 0.832. The van der Waals surface area contributed by atoms with E-state index >= 15 is 0 Å². The van der Waals surface area contributed by atoms with Crippen LogP contribution in [0.15, 0.2) is 0 Å². The number of carbonyl (C=O) groups excluding carboxylic acids is 1. The monoisotopic (exact) mass is 360 g/mol. The van der Waals surface area contributed by atoms with Gasteiger partial charge in [0.1, 0.15) is 5.60 Å². The van der Waals surface area contributed by atoms with Gasteiger partial charge in [0, 0.05) is 19.1 Å². The number of ether oxygens (including phenoxy) is 1. The highest BCUT2D eigenvalue weighted by Gasteiger charge is 2.28. The van der Waals surface area contributed by atoms with Gasteiger partial charge in [-0.15, -0.1) is 0 Å². The molecule has 0 radical (unpaired) electrons. The molecule has 2 heterocycles. The predicted octanol–water partition coefficient (Wildman–Crippen LogP) is 2.19. The van der Waals surface area contributed by atoms with Crippen LogP contribution in [0.4, 0.5) is 4.79 Å². The van der Waals surface area contributed by atoms with Gasteiger partial charge < -0.3 is 15.0 Å². The Bertz CT molecular complexity index is 527. The van der Waals surface area contributed by atoms with E-state index in [0.717, 1.165) is 51.7 Å². The van der Waals surface area contributed by atoms with Crippen LogP contribution in [0.5, 0.6) is 0 Å². The number of carbonyl (C=O) groups is 1. The van der Waals surface area contributed by atoms with E-state index in [1.54, 1.807) is 0 Å². The molecule has 0 aromatic heterocycles. The number of nitrogens with one attached hydrogen (secondary N) is 1. The maximum atomic E-state index is 12.2. The second-order valence-corrected chi connectivity index (χ2v) is 10.4. The number of nitrogens with zero attached hydrogens (tertiary/aromatic N) is 1. The third kappa shape index (κ3) is 6.59. The van der Waals surface area contributed by atoms with E-state index in [2.05, 4.69) is 5.32 Å². The summed E-state index contributed by atoms with van der Waals surface area (Å²) in [5.74, 6) is 1.05. The molecule has 1 amide bonds. The highest BCUT2D eigenvalue weighted by Crippen LogP contribution is 2.21. The first-order valence-electron chi connectivity index (χ1n) is 9.06. The van der Waals surface area contributed by atoms with Gasteiger partial charge in [0.15, 0.2) is 9.84 Å². The molecule has 2 fully saturated rings. The molecule has 0 saturated carbocycles. The van der Waals surface area contributed by atoms with Crippen molar-refractivity contribution in [3.8, 4) is 0 Å². The number of hydrogen-bond donors (Lipinski definition) is 1. The van der Waals surface area contributed by atoms with Crippen LogP contribution in [0.3, 0.4) is 0 Å². The third-order valence-electron chi connectivity index (χ3n) is 4.62. The minimum absolute atomic E-state index is 0.0919. The Morgan fingerprint density at radius 1 is 1.25 bits per heavy atom. The summed E-state index contributed by atoms with van der Waals surface area (Å²) in [4.78, 5) is 14.0. The Balaban J connectivity index is 1.72. The fourth-order valence-corrected chi connectivity index (χ4v) is 5.14. The minimum atomic E-state index is -2.86. The molecule has 140 valence electrons. The van der Waals surface area contributed by atoms with Gasteiger partial charge in [-0.1, -0.05) is 0 Å². The summed E-state index contributed by atoms with van der Waals surface area (Å²) in [6.07, 6.45) is 4.56. The molecule has 2 atom stereocenters. The molecular weight excluding hydrogens is 328 g/mol. The van der Waals surface area contributed by atoms with Crippen molar-refractivity contribution >= 4 is 15.9 Å². The van der Waals surface area contributed by atoms with E-state index in [4.69, 9.17) is 4.74 Å². The van der Waals surface area contributed by atoms with Gasteiger partial charge in [0.05, 0.1) is 11.5 Å². The Hall–Kier alpha value is -0.820. The van der Waals surface area contributed by atoms with Crippen LogP contribution in [-0.2, 0) is 14.6 Å². The van der Waals surface area contributed by atoms with Gasteiger partial charge in [-0.25, -0.2) is 13.2 Å². The Kier molecular flexibility index (Phi) is 6.53. The van der Waals surface area contributed by atoms with E-state index in [1.807, 2.05) is 25.7 Å². The molecule has 2 aliphatic heterocycles. The van der Waals surface area contributed by atoms with Crippen LogP contribution in [0, 0.1) is 5.92 Å². The van der Waals surface area contributed by atoms with E-state index in [-0.39, 0.29) is 17.9 Å². The van der Waals surface area contributed by atoms with Gasteiger partial charge >= 0.3 is 6.09 Å². The van der Waals surface area contributed by atoms with Crippen LogP contribution >= 0.6 is 0 Å². The summed E-state index contributed by atoms with van der Waals surface area (Å²) < 4.78 is 28.8. The lowest BCUT2D eigenvalue weighted by Crippen LogP contribution is -2.44. The van der Waals surface area contributed by atoms with Crippen LogP contribution in [0.2, 0.25) is 0 Å². The zero-order valence-corrected chi connectivity index (χ0v) is 16.0. The smallest absolute Gasteiger partial charge is 0.410 e. The third-order valence-corrected chi connectivity index (χ3v) is 6.44. The zero-order valence-electron chi connectivity index (χ0n) is 15.2. The van der Waals surface area contributed by atoms with E-state index in [1.165, 1.54) is 0 Å². The number of rotatable bonds is 4. The molecule has 2 unspecified atom stereocenters. The average molecular weight is 361 g/mol. The van der Waals surface area contributed by atoms with Crippen molar-refractivity contribution in [2.24, 2.45) is 5.92 Å². The fraction of sp³-hybridized carbons (Fsp3) is 0.941. The van der Waals surface area contributed by atoms with Gasteiger partial charge in [-0.05, 0) is 65.3 Å². The van der Waals surface area contributed by atoms with Crippen LogP contribution in [0.25, 0.3) is 0 Å². The molecule has 6 nitrogen and oxygen atoms in total. The summed E-state index contributed by atoms with van der Waals surface area (Å²) in [6.45, 7) is 7.96. The van der Waals surface area contributed by atoms with Crippen molar-refractivity contribution in [2.45, 2.75) is 64.5 Å². The first kappa shape index (κ1) is 19.5. The minimum Gasteiger partial charge on any atom is -0.444 e. The first-order chi connectivity index (χ1) is 11.1. The molecule has 0 aromatic rings. The topological polar surface area (TPSA) is 75.7 Å². The second-order valence-electron chi connectivity index (χ2n) is 8.13. The standard InChI is InChI=1S/C17H32N2O4S/c1-17(2,3)23-16(20)19-10-4-6-14(12-19)8-9-18-15-7-5-11-24(21,22)13-15/h14-15,18H,4-13H2,1-3H3. The van der Waals surface area contributed by atoms with Crippen LogP contribution < -0.4 is 5.32 Å². The largest absolute Gasteiger partial charge is 0.444 e. The molecule has 0 spiro atoms. The van der Waals surface area contributed by atoms with E-state index < -0.39 is 15.4 Å². The second kappa shape index (κ2) is 8.04. The van der Waals surface area contributed by atoms with Gasteiger partial charge in [-0.2, -0.15) is 0 Å². The summed E-state index contributed by atoms with van der Waals surface area (Å²) >= 11 is 0. The van der Waals surface area contributed by atoms with Crippen molar-refractivity contribution in [1.82, 2.24) is 10.2 Å². The lowest BCUT2D eigenvalue weighted by atomic mass is 9.95. The van der Waals surface area contributed by atoms with Gasteiger partial charge in [-0.3, -0.25) is 0 Å². The maximum absolute atomic E-state index is 12.2. The fourth-order valence-electron chi connectivity index (χ4n) is 3.47. The summed E-state index contributed by atoms with van der Waals surface area (Å²) in [5, 5.41) is 3.39. The number of amides is 1. The van der Waals surface area contributed by atoms with Crippen molar-refractivity contribution in [1.29, 1.82) is 0 Å². The molecule has 2 saturated heterocycles. The molecule has 0 aliphatic carbocycles. The normalized spacial score (nSPS) is 27.7. The van der Waals surface area contributed by atoms with Crippen molar-refractivity contribution in [3.05, 3.63) is 0 Å². The Labute approximate surface area is 146 Å². The molecule has 1 N–H and O–H groups in total. The average Bonchev–Trinajstić information content (AvgIpc) is 2.45. The molecule has 24 heavy (non-hydrogen) atoms. The summed E-state index contributed by atoms with van der Waals surface area (Å²) in [6, 6.07) is 0.0919. The molecule has 7 heteroatoms. The molecular formula is C17H32N2O4S. The maximum Gasteiger partial charge on any atom is 0.410 e. The lowest BCUT2D eigenvalue weighted by Gasteiger charge is -2.34. The first-order valence-corrected chi connectivity index (χ1v) is 10.9. The molecule has 2 aliphatic rings. The molecule has 2 rings (SSSR count). The van der Waals surface area contributed by atoms with Crippen molar-refractivity contribution in [3.63, 3.8) is 0 Å². The summed E-state index contributed by atoms with van der Waals surface area (Å²) in [7, 11) is -2.86. The Morgan fingerprint density at radius 3 is 2.67 bits per heavy atom. The molecule has 0 bridgehead atoms. The van der Waals surface area contributed by atoms with Crippen LogP contribution in [0.1, 0.15) is 52.9 Å². The highest BCUT2D eigenvalue weighted by atomic mass is 32.2. The SMILES string of the molecule is CC(C)(C)OC(=O)N1CCCC(CCNC2CCCS(=O)(=O)C2)C1.